The lowest BCUT2D eigenvalue weighted by atomic mass is 10.0. The second-order valence-electron chi connectivity index (χ2n) is 3.30. The Morgan fingerprint density at radius 2 is 2.00 bits per heavy atom. The van der Waals surface area contributed by atoms with E-state index in [4.69, 9.17) is 4.74 Å². The van der Waals surface area contributed by atoms with Crippen LogP contribution in [0.3, 0.4) is 0 Å². The Morgan fingerprint density at radius 3 is 2.53 bits per heavy atom. The van der Waals surface area contributed by atoms with Crippen molar-refractivity contribution < 1.29 is 9.84 Å². The van der Waals surface area contributed by atoms with Gasteiger partial charge >= 0.3 is 0 Å². The number of rotatable bonds is 3. The van der Waals surface area contributed by atoms with Crippen molar-refractivity contribution >= 4 is 0 Å². The zero-order chi connectivity index (χ0) is 10.7. The molecule has 2 rings (SSSR count). The van der Waals surface area contributed by atoms with E-state index in [1.54, 1.807) is 13.2 Å². The summed E-state index contributed by atoms with van der Waals surface area (Å²) in [5, 5.41) is 9.97. The molecule has 1 aliphatic rings. The van der Waals surface area contributed by atoms with Crippen LogP contribution in [0.25, 0.3) is 0 Å². The van der Waals surface area contributed by atoms with Crippen LogP contribution in [-0.4, -0.2) is 12.2 Å². The maximum atomic E-state index is 9.97. The van der Waals surface area contributed by atoms with Crippen molar-refractivity contribution in [1.82, 2.24) is 0 Å². The van der Waals surface area contributed by atoms with Crippen LogP contribution in [0, 0.1) is 0 Å². The molecule has 0 fully saturated rings. The zero-order valence-electron chi connectivity index (χ0n) is 8.47. The van der Waals surface area contributed by atoms with E-state index < -0.39 is 6.10 Å². The fourth-order valence-corrected chi connectivity index (χ4v) is 1.48. The summed E-state index contributed by atoms with van der Waals surface area (Å²) >= 11 is 0. The van der Waals surface area contributed by atoms with Crippen LogP contribution < -0.4 is 4.74 Å². The molecule has 1 N–H and O–H groups in total. The molecule has 1 unspecified atom stereocenters. The molecule has 0 aromatic heterocycles. The molecule has 0 bridgehead atoms. The summed E-state index contributed by atoms with van der Waals surface area (Å²) in [6.45, 7) is 0. The van der Waals surface area contributed by atoms with E-state index in [2.05, 4.69) is 5.73 Å². The number of methoxy groups -OCH3 is 1. The van der Waals surface area contributed by atoms with Crippen LogP contribution in [0.15, 0.2) is 53.8 Å². The predicted molar refractivity (Wildman–Crippen MR) is 58.7 cm³/mol. The third-order valence-electron chi connectivity index (χ3n) is 2.35. The van der Waals surface area contributed by atoms with E-state index >= 15 is 0 Å². The first-order valence-electron chi connectivity index (χ1n) is 4.76. The highest BCUT2D eigenvalue weighted by atomic mass is 16.5. The van der Waals surface area contributed by atoms with Crippen molar-refractivity contribution in [3.63, 3.8) is 0 Å². The number of benzene rings is 1. The molecule has 0 saturated carbocycles. The fraction of sp³-hybridized carbons (Fsp3) is 0.154. The quantitative estimate of drug-likeness (QED) is 0.759. The van der Waals surface area contributed by atoms with Gasteiger partial charge in [0.15, 0.2) is 0 Å². The van der Waals surface area contributed by atoms with E-state index in [1.165, 1.54) is 0 Å². The molecular formula is C13H12O2. The lowest BCUT2D eigenvalue weighted by molar-refractivity contribution is 0.220. The summed E-state index contributed by atoms with van der Waals surface area (Å²) in [5.74, 6) is 0.789. The van der Waals surface area contributed by atoms with Crippen molar-refractivity contribution in [1.29, 1.82) is 0 Å². The normalized spacial score (nSPS) is 15.2. The Morgan fingerprint density at radius 1 is 1.27 bits per heavy atom. The molecule has 0 aliphatic heterocycles. The number of hydrogen-bond donors (Lipinski definition) is 1. The average Bonchev–Trinajstić information content (AvgIpc) is 2.82. The van der Waals surface area contributed by atoms with Crippen LogP contribution in [-0.2, 0) is 0 Å². The number of aliphatic hydroxyl groups is 1. The minimum atomic E-state index is -0.606. The van der Waals surface area contributed by atoms with Gasteiger partial charge in [-0.1, -0.05) is 18.2 Å². The van der Waals surface area contributed by atoms with E-state index in [1.807, 2.05) is 36.4 Å². The van der Waals surface area contributed by atoms with E-state index in [9.17, 15) is 5.11 Å². The maximum absolute atomic E-state index is 9.97. The molecular weight excluding hydrogens is 188 g/mol. The Labute approximate surface area is 88.8 Å². The molecule has 0 spiro atoms. The second kappa shape index (κ2) is 4.18. The van der Waals surface area contributed by atoms with Gasteiger partial charge in [-0.2, -0.15) is 0 Å². The highest BCUT2D eigenvalue weighted by Gasteiger charge is 2.11. The van der Waals surface area contributed by atoms with Crippen LogP contribution >= 0.6 is 0 Å². The Hall–Kier alpha value is -1.76. The summed E-state index contributed by atoms with van der Waals surface area (Å²) in [5.41, 5.74) is 4.62. The maximum Gasteiger partial charge on any atom is 0.118 e. The number of aliphatic hydroxyl groups excluding tert-OH is 1. The van der Waals surface area contributed by atoms with Gasteiger partial charge in [0.2, 0.25) is 0 Å². The molecule has 0 heterocycles. The van der Waals surface area contributed by atoms with Crippen LogP contribution in [0.1, 0.15) is 11.7 Å². The Balaban J connectivity index is 2.22. The topological polar surface area (TPSA) is 29.5 Å². The molecule has 1 atom stereocenters. The largest absolute Gasteiger partial charge is 0.497 e. The molecule has 1 aliphatic carbocycles. The van der Waals surface area contributed by atoms with Crippen LogP contribution in [0.4, 0.5) is 0 Å². The number of allylic oxidation sites excluding steroid dienone is 1. The highest BCUT2D eigenvalue weighted by Crippen LogP contribution is 2.25. The molecule has 1 aromatic carbocycles. The van der Waals surface area contributed by atoms with Gasteiger partial charge < -0.3 is 9.84 Å². The van der Waals surface area contributed by atoms with E-state index in [0.717, 1.165) is 16.9 Å². The van der Waals surface area contributed by atoms with Crippen molar-refractivity contribution in [3.8, 4) is 5.75 Å². The van der Waals surface area contributed by atoms with Crippen molar-refractivity contribution in [2.45, 2.75) is 6.10 Å². The third-order valence-corrected chi connectivity index (χ3v) is 2.35. The van der Waals surface area contributed by atoms with Crippen molar-refractivity contribution in [3.05, 3.63) is 59.4 Å². The van der Waals surface area contributed by atoms with Gasteiger partial charge in [0.25, 0.3) is 0 Å². The molecule has 0 saturated heterocycles. The summed E-state index contributed by atoms with van der Waals surface area (Å²) in [4.78, 5) is 0. The first kappa shape index (κ1) is 9.78. The van der Waals surface area contributed by atoms with Gasteiger partial charge in [-0.15, -0.1) is 5.73 Å². The van der Waals surface area contributed by atoms with Gasteiger partial charge in [0, 0.05) is 5.57 Å². The molecule has 2 nitrogen and oxygen atoms in total. The lowest BCUT2D eigenvalue weighted by Crippen LogP contribution is -1.98. The van der Waals surface area contributed by atoms with E-state index in [-0.39, 0.29) is 0 Å². The van der Waals surface area contributed by atoms with E-state index in [0.29, 0.717) is 0 Å². The van der Waals surface area contributed by atoms with Gasteiger partial charge in [-0.05, 0) is 29.8 Å². The standard InChI is InChI=1S/C13H12O2/c1-15-12-8-6-11(7-9-12)13(14)10-4-2-3-5-10/h2-4,6-9,13-14H,1H3. The Bertz CT molecular complexity index is 434. The predicted octanol–water partition coefficient (Wildman–Crippen LogP) is 2.38. The lowest BCUT2D eigenvalue weighted by Gasteiger charge is -2.10. The van der Waals surface area contributed by atoms with Crippen molar-refractivity contribution in [2.24, 2.45) is 0 Å². The number of hydrogen-bond acceptors (Lipinski definition) is 2. The molecule has 0 amide bonds. The first-order chi connectivity index (χ1) is 7.31. The highest BCUT2D eigenvalue weighted by molar-refractivity contribution is 5.38. The summed E-state index contributed by atoms with van der Waals surface area (Å²) < 4.78 is 5.05. The first-order valence-corrected chi connectivity index (χ1v) is 4.76. The number of ether oxygens (including phenoxy) is 1. The van der Waals surface area contributed by atoms with Gasteiger partial charge in [0.05, 0.1) is 7.11 Å². The Kier molecular flexibility index (Phi) is 2.72. The monoisotopic (exact) mass is 200 g/mol. The van der Waals surface area contributed by atoms with Gasteiger partial charge in [-0.25, -0.2) is 0 Å². The molecule has 0 radical (unpaired) electrons. The molecule has 1 aromatic rings. The minimum absolute atomic E-state index is 0.606. The summed E-state index contributed by atoms with van der Waals surface area (Å²) in [6, 6.07) is 7.37. The molecule has 15 heavy (non-hydrogen) atoms. The van der Waals surface area contributed by atoms with Crippen molar-refractivity contribution in [2.75, 3.05) is 7.11 Å². The zero-order valence-corrected chi connectivity index (χ0v) is 8.47. The minimum Gasteiger partial charge on any atom is -0.497 e. The molecule has 2 heteroatoms. The second-order valence-corrected chi connectivity index (χ2v) is 3.30. The van der Waals surface area contributed by atoms with Gasteiger partial charge in [-0.3, -0.25) is 0 Å². The SMILES string of the molecule is COc1ccc(C(O)C2=C=CC=C2)cc1. The molecule has 76 valence electrons. The van der Waals surface area contributed by atoms with Crippen LogP contribution in [0.5, 0.6) is 5.75 Å². The summed E-state index contributed by atoms with van der Waals surface area (Å²) in [6.07, 6.45) is 4.91. The van der Waals surface area contributed by atoms with Gasteiger partial charge in [0.1, 0.15) is 11.9 Å². The fourth-order valence-electron chi connectivity index (χ4n) is 1.48. The average molecular weight is 200 g/mol. The van der Waals surface area contributed by atoms with Crippen LogP contribution in [0.2, 0.25) is 0 Å². The summed E-state index contributed by atoms with van der Waals surface area (Å²) in [7, 11) is 1.62. The smallest absolute Gasteiger partial charge is 0.118 e. The third kappa shape index (κ3) is 2.01.